The van der Waals surface area contributed by atoms with Crippen molar-refractivity contribution in [2.75, 3.05) is 4.90 Å². The highest BCUT2D eigenvalue weighted by Gasteiger charge is 2.19. The van der Waals surface area contributed by atoms with Gasteiger partial charge < -0.3 is 9.26 Å². The average molecular weight is 366 g/mol. The lowest BCUT2D eigenvalue weighted by Crippen LogP contribution is -2.33. The van der Waals surface area contributed by atoms with Crippen molar-refractivity contribution in [3.8, 4) is 17.1 Å². The Morgan fingerprint density at radius 2 is 1.74 bits per heavy atom. The molecule has 138 valence electrons. The smallest absolute Gasteiger partial charge is 0.233 e. The van der Waals surface area contributed by atoms with Gasteiger partial charge in [-0.25, -0.2) is 4.90 Å². The molecule has 3 rings (SSSR count). The minimum Gasteiger partial charge on any atom is -0.472 e. The molecule has 1 aromatic carbocycles. The van der Waals surface area contributed by atoms with Gasteiger partial charge in [0.15, 0.2) is 5.82 Å². The second kappa shape index (κ2) is 7.77. The fraction of sp³-hybridized carbons (Fsp3) is 0.211. The van der Waals surface area contributed by atoms with E-state index in [4.69, 9.17) is 9.26 Å². The van der Waals surface area contributed by atoms with E-state index in [0.29, 0.717) is 11.5 Å². The fourth-order valence-electron chi connectivity index (χ4n) is 2.58. The molecule has 0 N–H and O–H groups in total. The molecule has 0 radical (unpaired) electrons. The number of amides is 2. The number of hydrogen-bond acceptors (Lipinski definition) is 7. The van der Waals surface area contributed by atoms with Gasteiger partial charge in [0.25, 0.3) is 0 Å². The molecule has 2 heterocycles. The van der Waals surface area contributed by atoms with Crippen LogP contribution in [0.5, 0.6) is 5.88 Å². The minimum atomic E-state index is -0.432. The van der Waals surface area contributed by atoms with Crippen molar-refractivity contribution in [1.82, 2.24) is 15.4 Å². The molecule has 2 amide bonds. The number of anilines is 1. The number of carbonyl (C=O) groups excluding carboxylic acids is 2. The van der Waals surface area contributed by atoms with Crippen molar-refractivity contribution in [2.24, 2.45) is 0 Å². The van der Waals surface area contributed by atoms with Crippen LogP contribution in [-0.2, 0) is 16.2 Å². The summed E-state index contributed by atoms with van der Waals surface area (Å²) in [6, 6.07) is 12.7. The first kappa shape index (κ1) is 18.2. The van der Waals surface area contributed by atoms with Gasteiger partial charge in [-0.1, -0.05) is 35.5 Å². The normalized spacial score (nSPS) is 10.5. The predicted octanol–water partition coefficient (Wildman–Crippen LogP) is 2.92. The summed E-state index contributed by atoms with van der Waals surface area (Å²) >= 11 is 0. The van der Waals surface area contributed by atoms with E-state index < -0.39 is 11.8 Å². The third-order valence-electron chi connectivity index (χ3n) is 3.88. The molecule has 0 aliphatic carbocycles. The lowest BCUT2D eigenvalue weighted by Gasteiger charge is -2.15. The van der Waals surface area contributed by atoms with Crippen molar-refractivity contribution in [1.29, 1.82) is 0 Å². The molecular formula is C19H18N4O4. The molecule has 0 saturated carbocycles. The summed E-state index contributed by atoms with van der Waals surface area (Å²) in [5.74, 6) is 0.188. The number of nitrogens with zero attached hydrogens (tertiary/aromatic N) is 4. The molecule has 27 heavy (non-hydrogen) atoms. The summed E-state index contributed by atoms with van der Waals surface area (Å²) in [4.78, 5) is 24.0. The summed E-state index contributed by atoms with van der Waals surface area (Å²) in [5.41, 5.74) is 2.44. The van der Waals surface area contributed by atoms with Crippen LogP contribution in [0.3, 0.4) is 0 Å². The molecule has 0 spiro atoms. The molecule has 2 aromatic heterocycles. The summed E-state index contributed by atoms with van der Waals surface area (Å²) in [7, 11) is 0. The highest BCUT2D eigenvalue weighted by molar-refractivity contribution is 6.12. The number of benzene rings is 1. The molecule has 0 fully saturated rings. The van der Waals surface area contributed by atoms with Gasteiger partial charge >= 0.3 is 0 Å². The van der Waals surface area contributed by atoms with Crippen LogP contribution in [0, 0.1) is 6.92 Å². The third kappa shape index (κ3) is 4.00. The molecule has 8 heteroatoms. The van der Waals surface area contributed by atoms with Crippen LogP contribution in [0.25, 0.3) is 11.3 Å². The summed E-state index contributed by atoms with van der Waals surface area (Å²) in [6.45, 7) is 4.57. The van der Waals surface area contributed by atoms with Crippen LogP contribution in [0.4, 0.5) is 5.82 Å². The Labute approximate surface area is 155 Å². The summed E-state index contributed by atoms with van der Waals surface area (Å²) in [5, 5.41) is 11.9. The zero-order valence-electron chi connectivity index (χ0n) is 15.2. The van der Waals surface area contributed by atoms with Crippen molar-refractivity contribution >= 4 is 17.6 Å². The standard InChI is InChI=1S/C19H18N4O4/c1-12-16(19(22-27-12)15-7-5-4-6-8-15)11-26-18-10-9-17(20-21-18)23(13(2)24)14(3)25/h4-10H,11H2,1-3H3. The zero-order valence-corrected chi connectivity index (χ0v) is 15.2. The first-order valence-corrected chi connectivity index (χ1v) is 8.25. The first-order valence-electron chi connectivity index (χ1n) is 8.25. The maximum atomic E-state index is 11.6. The number of hydrogen-bond donors (Lipinski definition) is 0. The summed E-state index contributed by atoms with van der Waals surface area (Å²) < 4.78 is 11.0. The third-order valence-corrected chi connectivity index (χ3v) is 3.88. The van der Waals surface area contributed by atoms with Crippen LogP contribution in [-0.4, -0.2) is 27.2 Å². The summed E-state index contributed by atoms with van der Waals surface area (Å²) in [6.07, 6.45) is 0. The number of imide groups is 1. The Morgan fingerprint density at radius 1 is 1.04 bits per heavy atom. The van der Waals surface area contributed by atoms with E-state index in [1.807, 2.05) is 37.3 Å². The van der Waals surface area contributed by atoms with Crippen LogP contribution in [0.15, 0.2) is 47.0 Å². The van der Waals surface area contributed by atoms with Crippen molar-refractivity contribution in [2.45, 2.75) is 27.4 Å². The Kier molecular flexibility index (Phi) is 5.25. The predicted molar refractivity (Wildman–Crippen MR) is 96.9 cm³/mol. The maximum Gasteiger partial charge on any atom is 0.233 e. The number of ether oxygens (including phenoxy) is 1. The monoisotopic (exact) mass is 366 g/mol. The Hall–Kier alpha value is -3.55. The largest absolute Gasteiger partial charge is 0.472 e. The molecule has 8 nitrogen and oxygen atoms in total. The van der Waals surface area contributed by atoms with Gasteiger partial charge in [-0.15, -0.1) is 10.2 Å². The van der Waals surface area contributed by atoms with E-state index >= 15 is 0 Å². The van der Waals surface area contributed by atoms with Gasteiger partial charge in [-0.05, 0) is 13.0 Å². The topological polar surface area (TPSA) is 98.4 Å². The number of rotatable bonds is 5. The minimum absolute atomic E-state index is 0.147. The van der Waals surface area contributed by atoms with Gasteiger partial charge in [-0.3, -0.25) is 9.59 Å². The highest BCUT2D eigenvalue weighted by Crippen LogP contribution is 2.26. The Bertz CT molecular complexity index is 938. The van der Waals surface area contributed by atoms with Crippen molar-refractivity contribution in [3.05, 3.63) is 53.8 Å². The fourth-order valence-corrected chi connectivity index (χ4v) is 2.58. The molecular weight excluding hydrogens is 348 g/mol. The zero-order chi connectivity index (χ0) is 19.4. The molecule has 0 bridgehead atoms. The Morgan fingerprint density at radius 3 is 2.33 bits per heavy atom. The van der Waals surface area contributed by atoms with Crippen LogP contribution >= 0.6 is 0 Å². The van der Waals surface area contributed by atoms with E-state index in [-0.39, 0.29) is 18.3 Å². The average Bonchev–Trinajstić information content (AvgIpc) is 3.02. The van der Waals surface area contributed by atoms with E-state index in [1.165, 1.54) is 19.9 Å². The lowest BCUT2D eigenvalue weighted by molar-refractivity contribution is -0.124. The van der Waals surface area contributed by atoms with Crippen LogP contribution in [0.1, 0.15) is 25.2 Å². The van der Waals surface area contributed by atoms with Gasteiger partial charge in [0.05, 0.1) is 5.56 Å². The van der Waals surface area contributed by atoms with Crippen molar-refractivity contribution in [3.63, 3.8) is 0 Å². The van der Waals surface area contributed by atoms with E-state index in [1.54, 1.807) is 6.07 Å². The number of aromatic nitrogens is 3. The van der Waals surface area contributed by atoms with Crippen LogP contribution in [0.2, 0.25) is 0 Å². The lowest BCUT2D eigenvalue weighted by atomic mass is 10.1. The molecule has 0 aliphatic heterocycles. The Balaban J connectivity index is 1.76. The highest BCUT2D eigenvalue weighted by atomic mass is 16.5. The quantitative estimate of drug-likeness (QED) is 0.684. The van der Waals surface area contributed by atoms with E-state index in [0.717, 1.165) is 16.0 Å². The van der Waals surface area contributed by atoms with E-state index in [2.05, 4.69) is 15.4 Å². The van der Waals surface area contributed by atoms with Gasteiger partial charge in [0.2, 0.25) is 17.7 Å². The van der Waals surface area contributed by atoms with E-state index in [9.17, 15) is 9.59 Å². The molecule has 3 aromatic rings. The second-order valence-electron chi connectivity index (χ2n) is 5.82. The molecule has 0 unspecified atom stereocenters. The van der Waals surface area contributed by atoms with Gasteiger partial charge in [0.1, 0.15) is 18.1 Å². The molecule has 0 atom stereocenters. The maximum absolute atomic E-state index is 11.6. The number of aryl methyl sites for hydroxylation is 1. The van der Waals surface area contributed by atoms with Crippen molar-refractivity contribution < 1.29 is 18.8 Å². The van der Waals surface area contributed by atoms with Gasteiger partial charge in [0, 0.05) is 25.5 Å². The van der Waals surface area contributed by atoms with Gasteiger partial charge in [-0.2, -0.15) is 0 Å². The second-order valence-corrected chi connectivity index (χ2v) is 5.82. The first-order chi connectivity index (χ1) is 13.0. The molecule has 0 saturated heterocycles. The molecule has 0 aliphatic rings. The number of carbonyl (C=O) groups is 2. The SMILES string of the molecule is CC(=O)N(C(C)=O)c1ccc(OCc2c(-c3ccccc3)noc2C)nn1. The van der Waals surface area contributed by atoms with Crippen LogP contribution < -0.4 is 9.64 Å².